The molecule has 0 bridgehead atoms. The number of nitrogens with one attached hydrogen (secondary N) is 1. The molecule has 0 unspecified atom stereocenters. The van der Waals surface area contributed by atoms with Gasteiger partial charge in [0.05, 0.1) is 12.8 Å². The second kappa shape index (κ2) is 12.4. The summed E-state index contributed by atoms with van der Waals surface area (Å²) < 4.78 is 5.30. The molecule has 1 aliphatic heterocycles. The molecule has 38 heavy (non-hydrogen) atoms. The van der Waals surface area contributed by atoms with Crippen LogP contribution in [0.3, 0.4) is 0 Å². The highest BCUT2D eigenvalue weighted by Crippen LogP contribution is 2.23. The molecule has 0 radical (unpaired) electrons. The molecule has 9 nitrogen and oxygen atoms in total. The smallest absolute Gasteiger partial charge is 0.322 e. The van der Waals surface area contributed by atoms with Crippen LogP contribution in [0.25, 0.3) is 11.3 Å². The third-order valence-electron chi connectivity index (χ3n) is 6.96. The van der Waals surface area contributed by atoms with Crippen LogP contribution in [0.4, 0.5) is 16.3 Å². The number of carbonyl (C=O) groups excluding carboxylic acids is 2. The number of aryl methyl sites for hydroxylation is 1. The van der Waals surface area contributed by atoms with Crippen LogP contribution in [0.2, 0.25) is 0 Å². The fraction of sp³-hybridized carbons (Fsp3) is 0.379. The summed E-state index contributed by atoms with van der Waals surface area (Å²) in [6.07, 6.45) is 0.757. The summed E-state index contributed by atoms with van der Waals surface area (Å²) in [5.74, 6) is 1.50. The highest BCUT2D eigenvalue weighted by molar-refractivity contribution is 5.92. The maximum absolute atomic E-state index is 13.2. The van der Waals surface area contributed by atoms with E-state index in [1.807, 2.05) is 86.3 Å². The van der Waals surface area contributed by atoms with Crippen LogP contribution >= 0.6 is 0 Å². The van der Waals surface area contributed by atoms with E-state index in [0.29, 0.717) is 31.9 Å². The van der Waals surface area contributed by atoms with Crippen LogP contribution in [-0.4, -0.2) is 77.8 Å². The zero-order valence-electron chi connectivity index (χ0n) is 22.6. The Hall–Kier alpha value is -4.14. The fourth-order valence-electron chi connectivity index (χ4n) is 4.34. The second-order valence-electron chi connectivity index (χ2n) is 9.56. The molecule has 1 N–H and O–H groups in total. The number of anilines is 2. The minimum atomic E-state index is -0.262. The molecule has 4 rings (SSSR count). The average molecular weight is 517 g/mol. The number of methoxy groups -OCH3 is 1. The molecular formula is C29H36N6O3. The molecule has 1 fully saturated rings. The third-order valence-corrected chi connectivity index (χ3v) is 6.96. The lowest BCUT2D eigenvalue weighted by molar-refractivity contribution is -0.132. The summed E-state index contributed by atoms with van der Waals surface area (Å²) >= 11 is 0. The van der Waals surface area contributed by atoms with Gasteiger partial charge in [0.2, 0.25) is 5.91 Å². The SMILES string of the molecule is CC[C@H](C)N(CC(=O)N1CCN(c2ccc(-c3cccc(OC)c3)nn2)CC1)C(=O)Nc1ccc(C)cc1. The van der Waals surface area contributed by atoms with Gasteiger partial charge in [0.15, 0.2) is 5.82 Å². The number of urea groups is 1. The first-order valence-electron chi connectivity index (χ1n) is 13.0. The van der Waals surface area contributed by atoms with E-state index in [2.05, 4.69) is 20.4 Å². The molecule has 1 aromatic heterocycles. The second-order valence-corrected chi connectivity index (χ2v) is 9.56. The summed E-state index contributed by atoms with van der Waals surface area (Å²) in [7, 11) is 1.64. The van der Waals surface area contributed by atoms with Crippen molar-refractivity contribution in [2.75, 3.05) is 50.1 Å². The van der Waals surface area contributed by atoms with Crippen molar-refractivity contribution in [2.45, 2.75) is 33.2 Å². The molecule has 200 valence electrons. The van der Waals surface area contributed by atoms with Crippen molar-refractivity contribution in [3.8, 4) is 17.0 Å². The normalized spacial score (nSPS) is 14.1. The van der Waals surface area contributed by atoms with E-state index in [-0.39, 0.29) is 24.5 Å². The number of ether oxygens (including phenoxy) is 1. The number of benzene rings is 2. The topological polar surface area (TPSA) is 90.9 Å². The molecule has 9 heteroatoms. The number of amides is 3. The lowest BCUT2D eigenvalue weighted by Crippen LogP contribution is -2.53. The Bertz CT molecular complexity index is 1220. The average Bonchev–Trinajstić information content (AvgIpc) is 2.96. The van der Waals surface area contributed by atoms with E-state index in [9.17, 15) is 9.59 Å². The van der Waals surface area contributed by atoms with Gasteiger partial charge >= 0.3 is 6.03 Å². The van der Waals surface area contributed by atoms with Crippen molar-refractivity contribution < 1.29 is 14.3 Å². The van der Waals surface area contributed by atoms with Gasteiger partial charge in [-0.05, 0) is 56.7 Å². The molecule has 2 aromatic carbocycles. The van der Waals surface area contributed by atoms with Gasteiger partial charge < -0.3 is 24.8 Å². The van der Waals surface area contributed by atoms with E-state index in [1.54, 1.807) is 12.0 Å². The monoisotopic (exact) mass is 516 g/mol. The van der Waals surface area contributed by atoms with Crippen molar-refractivity contribution in [3.05, 3.63) is 66.2 Å². The maximum Gasteiger partial charge on any atom is 0.322 e. The standard InChI is InChI=1S/C29H36N6O3/c1-5-22(3)35(29(37)30-24-11-9-21(2)10-12-24)20-28(36)34-17-15-33(16-18-34)27-14-13-26(31-32-27)23-7-6-8-25(19-23)38-4/h6-14,19,22H,5,15-18,20H2,1-4H3,(H,30,37)/t22-/m0/s1. The van der Waals surface area contributed by atoms with Crippen molar-refractivity contribution >= 4 is 23.4 Å². The van der Waals surface area contributed by atoms with Gasteiger partial charge in [0.25, 0.3) is 0 Å². The largest absolute Gasteiger partial charge is 0.497 e. The number of carbonyl (C=O) groups is 2. The van der Waals surface area contributed by atoms with Gasteiger partial charge in [0, 0.05) is 43.5 Å². The minimum absolute atomic E-state index is 0.0434. The summed E-state index contributed by atoms with van der Waals surface area (Å²) in [5.41, 5.74) is 3.55. The van der Waals surface area contributed by atoms with Gasteiger partial charge in [0.1, 0.15) is 12.3 Å². The lowest BCUT2D eigenvalue weighted by Gasteiger charge is -2.37. The maximum atomic E-state index is 13.2. The van der Waals surface area contributed by atoms with E-state index >= 15 is 0 Å². The predicted octanol–water partition coefficient (Wildman–Crippen LogP) is 4.44. The van der Waals surface area contributed by atoms with E-state index in [1.165, 1.54) is 0 Å². The fourth-order valence-corrected chi connectivity index (χ4v) is 4.34. The summed E-state index contributed by atoms with van der Waals surface area (Å²) in [6, 6.07) is 18.9. The number of piperazine rings is 1. The minimum Gasteiger partial charge on any atom is -0.497 e. The molecule has 1 atom stereocenters. The first-order chi connectivity index (χ1) is 18.4. The Labute approximate surface area is 224 Å². The van der Waals surface area contributed by atoms with Gasteiger partial charge in [-0.1, -0.05) is 36.8 Å². The van der Waals surface area contributed by atoms with Crippen LogP contribution in [-0.2, 0) is 4.79 Å². The van der Waals surface area contributed by atoms with Gasteiger partial charge in [-0.3, -0.25) is 4.79 Å². The molecule has 2 heterocycles. The zero-order chi connectivity index (χ0) is 27.1. The molecule has 3 aromatic rings. The van der Waals surface area contributed by atoms with Crippen molar-refractivity contribution in [2.24, 2.45) is 0 Å². The molecule has 1 aliphatic rings. The van der Waals surface area contributed by atoms with Crippen LogP contribution in [0.1, 0.15) is 25.8 Å². The number of hydrogen-bond acceptors (Lipinski definition) is 6. The van der Waals surface area contributed by atoms with Gasteiger partial charge in [-0.15, -0.1) is 10.2 Å². The van der Waals surface area contributed by atoms with Crippen LogP contribution in [0, 0.1) is 6.92 Å². The Morgan fingerprint density at radius 2 is 1.76 bits per heavy atom. The number of hydrogen-bond donors (Lipinski definition) is 1. The first-order valence-corrected chi connectivity index (χ1v) is 13.0. The summed E-state index contributed by atoms with van der Waals surface area (Å²) in [5, 5.41) is 11.8. The lowest BCUT2D eigenvalue weighted by atomic mass is 10.1. The Morgan fingerprint density at radius 1 is 1.03 bits per heavy atom. The molecule has 1 saturated heterocycles. The van der Waals surface area contributed by atoms with Crippen molar-refractivity contribution in [3.63, 3.8) is 0 Å². The molecule has 0 saturated carbocycles. The quantitative estimate of drug-likeness (QED) is 0.476. The summed E-state index contributed by atoms with van der Waals surface area (Å²) in [6.45, 7) is 8.45. The Morgan fingerprint density at radius 3 is 2.39 bits per heavy atom. The van der Waals surface area contributed by atoms with Crippen molar-refractivity contribution in [1.82, 2.24) is 20.0 Å². The highest BCUT2D eigenvalue weighted by Gasteiger charge is 2.27. The number of rotatable bonds is 8. The van der Waals surface area contributed by atoms with Crippen molar-refractivity contribution in [1.29, 1.82) is 0 Å². The predicted molar refractivity (Wildman–Crippen MR) is 149 cm³/mol. The molecule has 0 aliphatic carbocycles. The number of aromatic nitrogens is 2. The Kier molecular flexibility index (Phi) is 8.78. The van der Waals surface area contributed by atoms with E-state index < -0.39 is 0 Å². The van der Waals surface area contributed by atoms with Crippen LogP contribution < -0.4 is 15.0 Å². The first kappa shape index (κ1) is 26.9. The molecule has 0 spiro atoms. The van der Waals surface area contributed by atoms with Crippen LogP contribution in [0.15, 0.2) is 60.7 Å². The number of nitrogens with zero attached hydrogens (tertiary/aromatic N) is 5. The van der Waals surface area contributed by atoms with E-state index in [4.69, 9.17) is 4.74 Å². The zero-order valence-corrected chi connectivity index (χ0v) is 22.6. The molecule has 3 amide bonds. The Balaban J connectivity index is 1.33. The third kappa shape index (κ3) is 6.59. The van der Waals surface area contributed by atoms with E-state index in [0.717, 1.165) is 34.8 Å². The van der Waals surface area contributed by atoms with Gasteiger partial charge in [-0.2, -0.15) is 0 Å². The summed E-state index contributed by atoms with van der Waals surface area (Å²) in [4.78, 5) is 31.8. The molecular weight excluding hydrogens is 480 g/mol. The van der Waals surface area contributed by atoms with Gasteiger partial charge in [-0.25, -0.2) is 4.79 Å². The van der Waals surface area contributed by atoms with Crippen LogP contribution in [0.5, 0.6) is 5.75 Å². The highest BCUT2D eigenvalue weighted by atomic mass is 16.5.